The van der Waals surface area contributed by atoms with Gasteiger partial charge in [-0.2, -0.15) is 0 Å². The van der Waals surface area contributed by atoms with Gasteiger partial charge in [-0.05, 0) is 37.5 Å². The monoisotopic (exact) mass is 381 g/mol. The maximum atomic E-state index is 12.8. The van der Waals surface area contributed by atoms with Crippen molar-refractivity contribution in [2.75, 3.05) is 6.54 Å². The van der Waals surface area contributed by atoms with Gasteiger partial charge in [-0.15, -0.1) is 0 Å². The number of amides is 2. The predicted molar refractivity (Wildman–Crippen MR) is 113 cm³/mol. The number of carbonyl (C=O) groups is 2. The van der Waals surface area contributed by atoms with Crippen molar-refractivity contribution in [3.63, 3.8) is 0 Å². The molecule has 0 heterocycles. The molecule has 2 amide bonds. The first kappa shape index (κ1) is 21.6. The lowest BCUT2D eigenvalue weighted by Gasteiger charge is -2.34. The van der Waals surface area contributed by atoms with Crippen molar-refractivity contribution in [1.82, 2.24) is 10.6 Å². The molecule has 2 rings (SSSR count). The fourth-order valence-corrected chi connectivity index (χ4v) is 2.87. The summed E-state index contributed by atoms with van der Waals surface area (Å²) in [5, 5.41) is 6.05. The Labute approximate surface area is 167 Å². The zero-order chi connectivity index (χ0) is 20.7. The molecule has 28 heavy (non-hydrogen) atoms. The molecule has 5 heteroatoms. The topological polar surface area (TPSA) is 84.2 Å². The van der Waals surface area contributed by atoms with E-state index in [2.05, 4.69) is 10.6 Å². The second-order valence-corrected chi connectivity index (χ2v) is 7.83. The summed E-state index contributed by atoms with van der Waals surface area (Å²) < 4.78 is 0. The Kier molecular flexibility index (Phi) is 7.35. The van der Waals surface area contributed by atoms with Crippen molar-refractivity contribution in [2.45, 2.75) is 45.7 Å². The number of carbonyl (C=O) groups excluding carboxylic acids is 2. The Morgan fingerprint density at radius 3 is 2.18 bits per heavy atom. The number of aryl methyl sites for hydroxylation is 1. The fourth-order valence-electron chi connectivity index (χ4n) is 2.87. The van der Waals surface area contributed by atoms with Crippen molar-refractivity contribution in [1.29, 1.82) is 0 Å². The molecule has 0 saturated heterocycles. The van der Waals surface area contributed by atoms with Gasteiger partial charge in [0.15, 0.2) is 0 Å². The molecule has 2 aromatic carbocycles. The lowest BCUT2D eigenvalue weighted by Crippen LogP contribution is -2.55. The Morgan fingerprint density at radius 2 is 1.64 bits per heavy atom. The third-order valence-corrected chi connectivity index (χ3v) is 5.33. The fraction of sp³-hybridized carbons (Fsp3) is 0.391. The van der Waals surface area contributed by atoms with Crippen LogP contribution in [0.15, 0.2) is 54.6 Å². The standard InChI is InChI=1S/C23H31N3O2/c1-16(2)23(4,15-24)26-21(27)14-20(18-8-6-5-7-9-18)25-22(28)19-12-10-17(3)11-13-19/h5-13,16,20H,14-15,24H2,1-4H3,(H,25,28)(H,26,27). The average Bonchev–Trinajstić information content (AvgIpc) is 2.68. The molecule has 2 unspecified atom stereocenters. The van der Waals surface area contributed by atoms with Gasteiger partial charge < -0.3 is 16.4 Å². The number of benzene rings is 2. The highest BCUT2D eigenvalue weighted by atomic mass is 16.2. The van der Waals surface area contributed by atoms with Crippen LogP contribution in [0.4, 0.5) is 0 Å². The van der Waals surface area contributed by atoms with Crippen molar-refractivity contribution >= 4 is 11.8 Å². The molecule has 150 valence electrons. The molecule has 0 aliphatic rings. The van der Waals surface area contributed by atoms with Gasteiger partial charge in [0.2, 0.25) is 5.91 Å². The van der Waals surface area contributed by atoms with Crippen LogP contribution in [0, 0.1) is 12.8 Å². The molecule has 4 N–H and O–H groups in total. The molecule has 0 aromatic heterocycles. The third-order valence-electron chi connectivity index (χ3n) is 5.33. The van der Waals surface area contributed by atoms with Gasteiger partial charge in [0.25, 0.3) is 5.91 Å². The smallest absolute Gasteiger partial charge is 0.251 e. The van der Waals surface area contributed by atoms with Crippen LogP contribution in [-0.2, 0) is 4.79 Å². The van der Waals surface area contributed by atoms with E-state index in [9.17, 15) is 9.59 Å². The quantitative estimate of drug-likeness (QED) is 0.656. The predicted octanol–water partition coefficient (Wildman–Crippen LogP) is 3.35. The Bertz CT molecular complexity index is 787. The second-order valence-electron chi connectivity index (χ2n) is 7.83. The highest BCUT2D eigenvalue weighted by Crippen LogP contribution is 2.20. The number of nitrogens with one attached hydrogen (secondary N) is 2. The highest BCUT2D eigenvalue weighted by molar-refractivity contribution is 5.94. The molecule has 5 nitrogen and oxygen atoms in total. The molecule has 0 spiro atoms. The average molecular weight is 382 g/mol. The summed E-state index contributed by atoms with van der Waals surface area (Å²) in [6, 6.07) is 16.5. The number of nitrogens with two attached hydrogens (primary N) is 1. The Morgan fingerprint density at radius 1 is 1.04 bits per heavy atom. The molecule has 0 fully saturated rings. The Hall–Kier alpha value is -2.66. The Balaban J connectivity index is 2.17. The molecule has 2 atom stereocenters. The van der Waals surface area contributed by atoms with E-state index < -0.39 is 11.6 Å². The van der Waals surface area contributed by atoms with Crippen LogP contribution in [0.2, 0.25) is 0 Å². The van der Waals surface area contributed by atoms with Crippen LogP contribution in [0.5, 0.6) is 0 Å². The molecule has 0 saturated carbocycles. The maximum Gasteiger partial charge on any atom is 0.251 e. The van der Waals surface area contributed by atoms with Gasteiger partial charge in [0, 0.05) is 12.1 Å². The zero-order valence-electron chi connectivity index (χ0n) is 17.2. The van der Waals surface area contributed by atoms with Gasteiger partial charge in [0.05, 0.1) is 18.0 Å². The van der Waals surface area contributed by atoms with E-state index in [4.69, 9.17) is 5.73 Å². The van der Waals surface area contributed by atoms with Crippen molar-refractivity contribution in [3.05, 3.63) is 71.3 Å². The van der Waals surface area contributed by atoms with Crippen molar-refractivity contribution in [3.8, 4) is 0 Å². The van der Waals surface area contributed by atoms with Crippen molar-refractivity contribution < 1.29 is 9.59 Å². The van der Waals surface area contributed by atoms with Gasteiger partial charge in [-0.3, -0.25) is 9.59 Å². The lowest BCUT2D eigenvalue weighted by molar-refractivity contribution is -0.123. The van der Waals surface area contributed by atoms with E-state index >= 15 is 0 Å². The van der Waals surface area contributed by atoms with Crippen LogP contribution in [0.1, 0.15) is 54.7 Å². The van der Waals surface area contributed by atoms with Crippen LogP contribution in [0.3, 0.4) is 0 Å². The second kappa shape index (κ2) is 9.51. The lowest BCUT2D eigenvalue weighted by atomic mass is 9.88. The highest BCUT2D eigenvalue weighted by Gasteiger charge is 2.30. The minimum absolute atomic E-state index is 0.139. The van der Waals surface area contributed by atoms with E-state index in [1.807, 2.05) is 70.2 Å². The summed E-state index contributed by atoms with van der Waals surface area (Å²) >= 11 is 0. The van der Waals surface area contributed by atoms with Gasteiger partial charge in [-0.25, -0.2) is 0 Å². The molecule has 2 aromatic rings. The minimum Gasteiger partial charge on any atom is -0.349 e. The van der Waals surface area contributed by atoms with E-state index in [0.29, 0.717) is 12.1 Å². The number of rotatable bonds is 8. The first-order valence-corrected chi connectivity index (χ1v) is 9.68. The third kappa shape index (κ3) is 5.67. The van der Waals surface area contributed by atoms with Crippen LogP contribution in [0.25, 0.3) is 0 Å². The van der Waals surface area contributed by atoms with Crippen LogP contribution in [-0.4, -0.2) is 23.9 Å². The SMILES string of the molecule is Cc1ccc(C(=O)NC(CC(=O)NC(C)(CN)C(C)C)c2ccccc2)cc1. The summed E-state index contributed by atoms with van der Waals surface area (Å²) in [4.78, 5) is 25.5. The number of hydrogen-bond donors (Lipinski definition) is 3. The van der Waals surface area contributed by atoms with Gasteiger partial charge >= 0.3 is 0 Å². The maximum absolute atomic E-state index is 12.8. The summed E-state index contributed by atoms with van der Waals surface area (Å²) in [5.41, 5.74) is 7.94. The van der Waals surface area contributed by atoms with Gasteiger partial charge in [-0.1, -0.05) is 61.9 Å². The molecule has 0 bridgehead atoms. The van der Waals surface area contributed by atoms with E-state index in [-0.39, 0.29) is 24.2 Å². The van der Waals surface area contributed by atoms with Crippen LogP contribution < -0.4 is 16.4 Å². The van der Waals surface area contributed by atoms with Gasteiger partial charge in [0.1, 0.15) is 0 Å². The summed E-state index contributed by atoms with van der Waals surface area (Å²) in [6.07, 6.45) is 0.143. The summed E-state index contributed by atoms with van der Waals surface area (Å²) in [5.74, 6) is -0.148. The minimum atomic E-state index is -0.487. The molecular weight excluding hydrogens is 350 g/mol. The number of hydrogen-bond acceptors (Lipinski definition) is 3. The largest absolute Gasteiger partial charge is 0.349 e. The van der Waals surface area contributed by atoms with E-state index in [1.165, 1.54) is 0 Å². The zero-order valence-corrected chi connectivity index (χ0v) is 17.2. The molecule has 0 radical (unpaired) electrons. The molecule has 0 aliphatic heterocycles. The van der Waals surface area contributed by atoms with Crippen LogP contribution >= 0.6 is 0 Å². The normalized spacial score (nSPS) is 14.2. The summed E-state index contributed by atoms with van der Waals surface area (Å²) in [6.45, 7) is 8.32. The molecule has 0 aliphatic carbocycles. The van der Waals surface area contributed by atoms with E-state index in [1.54, 1.807) is 12.1 Å². The first-order chi connectivity index (χ1) is 13.2. The molecular formula is C23H31N3O2. The first-order valence-electron chi connectivity index (χ1n) is 9.68. The van der Waals surface area contributed by atoms with E-state index in [0.717, 1.165) is 11.1 Å². The van der Waals surface area contributed by atoms with Crippen molar-refractivity contribution in [2.24, 2.45) is 11.7 Å². The summed E-state index contributed by atoms with van der Waals surface area (Å²) in [7, 11) is 0.